The molecule has 1 aliphatic heterocycles. The molecular weight excluding hydrogens is 356 g/mol. The van der Waals surface area contributed by atoms with Gasteiger partial charge in [0, 0.05) is 19.1 Å². The van der Waals surface area contributed by atoms with E-state index in [-0.39, 0.29) is 17.5 Å². The predicted molar refractivity (Wildman–Crippen MR) is 112 cm³/mol. The van der Waals surface area contributed by atoms with Gasteiger partial charge in [-0.2, -0.15) is 9.97 Å². The molecule has 28 heavy (non-hydrogen) atoms. The van der Waals surface area contributed by atoms with Gasteiger partial charge in [-0.1, -0.05) is 37.3 Å². The van der Waals surface area contributed by atoms with E-state index in [1.165, 1.54) is 5.56 Å². The van der Waals surface area contributed by atoms with E-state index < -0.39 is 4.92 Å². The lowest BCUT2D eigenvalue weighted by atomic mass is 9.90. The van der Waals surface area contributed by atoms with Crippen LogP contribution in [0.3, 0.4) is 0 Å². The molecule has 8 nitrogen and oxygen atoms in total. The van der Waals surface area contributed by atoms with E-state index in [0.717, 1.165) is 38.8 Å². The van der Waals surface area contributed by atoms with E-state index in [1.54, 1.807) is 0 Å². The maximum absolute atomic E-state index is 11.6. The van der Waals surface area contributed by atoms with E-state index in [1.807, 2.05) is 24.8 Å². The largest absolute Gasteiger partial charge is 0.378 e. The highest BCUT2D eigenvalue weighted by molar-refractivity contribution is 5.71. The molecule has 1 saturated heterocycles. The first kappa shape index (κ1) is 19.9. The summed E-state index contributed by atoms with van der Waals surface area (Å²) in [5, 5.41) is 14.7. The minimum atomic E-state index is -0.478. The molecule has 0 aliphatic carbocycles. The summed E-state index contributed by atoms with van der Waals surface area (Å²) < 4.78 is 0. The van der Waals surface area contributed by atoms with Crippen LogP contribution in [0.25, 0.3) is 0 Å². The maximum Gasteiger partial charge on any atom is 0.353 e. The molecule has 150 valence electrons. The average Bonchev–Trinajstić information content (AvgIpc) is 2.68. The quantitative estimate of drug-likeness (QED) is 0.554. The van der Waals surface area contributed by atoms with Crippen LogP contribution in [0.2, 0.25) is 0 Å². The second kappa shape index (κ2) is 8.86. The number of nitro groups is 1. The third-order valence-electron chi connectivity index (χ3n) is 5.34. The Labute approximate surface area is 165 Å². The third-order valence-corrected chi connectivity index (χ3v) is 5.34. The number of nitrogens with one attached hydrogen (secondary N) is 1. The van der Waals surface area contributed by atoms with Gasteiger partial charge in [-0.05, 0) is 44.1 Å². The van der Waals surface area contributed by atoms with Crippen molar-refractivity contribution in [2.24, 2.45) is 5.92 Å². The topological polar surface area (TPSA) is 110 Å². The first-order valence-electron chi connectivity index (χ1n) is 9.85. The minimum absolute atomic E-state index is 0.0905. The molecule has 0 amide bonds. The Morgan fingerprint density at radius 1 is 1.29 bits per heavy atom. The van der Waals surface area contributed by atoms with Crippen LogP contribution in [0, 0.1) is 16.0 Å². The van der Waals surface area contributed by atoms with Crippen molar-refractivity contribution in [2.75, 3.05) is 29.0 Å². The highest BCUT2D eigenvalue weighted by Gasteiger charge is 2.30. The summed E-state index contributed by atoms with van der Waals surface area (Å²) in [6.45, 7) is 5.50. The first-order chi connectivity index (χ1) is 13.5. The number of hydrogen-bond donors (Lipinski definition) is 2. The summed E-state index contributed by atoms with van der Waals surface area (Å²) in [5.41, 5.74) is 7.05. The number of benzene rings is 1. The van der Waals surface area contributed by atoms with Crippen LogP contribution in [-0.2, 0) is 6.42 Å². The molecule has 0 bridgehead atoms. The third kappa shape index (κ3) is 4.68. The standard InChI is InChI=1S/C20H28N6O2/c1-3-14(2)22-20-23-18(21)17(26(27)28)19(24-20)25-11-9-16(10-12-25)13-15-7-5-4-6-8-15/h4-8,14,16H,3,9-13H2,1-2H3,(H3,21,22,23,24)/t14-/m0/s1. The fourth-order valence-corrected chi connectivity index (χ4v) is 3.54. The van der Waals surface area contributed by atoms with Crippen LogP contribution < -0.4 is 16.0 Å². The molecule has 0 saturated carbocycles. The van der Waals surface area contributed by atoms with Gasteiger partial charge in [0.2, 0.25) is 17.6 Å². The normalized spacial score (nSPS) is 16.0. The summed E-state index contributed by atoms with van der Waals surface area (Å²) in [4.78, 5) is 21.6. The first-order valence-corrected chi connectivity index (χ1v) is 9.85. The number of nitrogens with zero attached hydrogens (tertiary/aromatic N) is 4. The Hall–Kier alpha value is -2.90. The lowest BCUT2D eigenvalue weighted by molar-refractivity contribution is -0.383. The molecule has 3 rings (SSSR count). The van der Waals surface area contributed by atoms with Gasteiger partial charge in [-0.25, -0.2) is 0 Å². The Morgan fingerprint density at radius 2 is 1.96 bits per heavy atom. The number of nitrogens with two attached hydrogens (primary N) is 1. The van der Waals surface area contributed by atoms with E-state index in [9.17, 15) is 10.1 Å². The smallest absolute Gasteiger partial charge is 0.353 e. The number of aromatic nitrogens is 2. The number of nitrogen functional groups attached to an aromatic ring is 1. The summed E-state index contributed by atoms with van der Waals surface area (Å²) >= 11 is 0. The molecule has 8 heteroatoms. The molecule has 2 aromatic rings. The van der Waals surface area contributed by atoms with Gasteiger partial charge in [0.25, 0.3) is 0 Å². The number of anilines is 3. The molecule has 1 fully saturated rings. The molecule has 1 aromatic carbocycles. The SMILES string of the molecule is CC[C@H](C)Nc1nc(N)c([N+](=O)[O-])c(N2CCC(Cc3ccccc3)CC2)n1. The summed E-state index contributed by atoms with van der Waals surface area (Å²) in [6, 6.07) is 10.6. The molecule has 2 heterocycles. The van der Waals surface area contributed by atoms with E-state index >= 15 is 0 Å². The maximum atomic E-state index is 11.6. The average molecular weight is 384 g/mol. The number of hydrogen-bond acceptors (Lipinski definition) is 7. The minimum Gasteiger partial charge on any atom is -0.378 e. The van der Waals surface area contributed by atoms with Crippen molar-refractivity contribution in [3.8, 4) is 0 Å². The summed E-state index contributed by atoms with van der Waals surface area (Å²) in [6.07, 6.45) is 3.85. The van der Waals surface area contributed by atoms with Crippen molar-refractivity contribution in [1.29, 1.82) is 0 Å². The second-order valence-electron chi connectivity index (χ2n) is 7.44. The Bertz CT molecular complexity index is 806. The Morgan fingerprint density at radius 3 is 2.57 bits per heavy atom. The Kier molecular flexibility index (Phi) is 6.28. The predicted octanol–water partition coefficient (Wildman–Crippen LogP) is 3.64. The van der Waals surface area contributed by atoms with Gasteiger partial charge in [-0.15, -0.1) is 0 Å². The van der Waals surface area contributed by atoms with Crippen LogP contribution >= 0.6 is 0 Å². The van der Waals surface area contributed by atoms with Crippen LogP contribution in [0.15, 0.2) is 30.3 Å². The van der Waals surface area contributed by atoms with Gasteiger partial charge in [0.05, 0.1) is 4.92 Å². The van der Waals surface area contributed by atoms with Crippen LogP contribution in [0.4, 0.5) is 23.3 Å². The molecular formula is C20H28N6O2. The van der Waals surface area contributed by atoms with Gasteiger partial charge in [0.1, 0.15) is 0 Å². The van der Waals surface area contributed by atoms with Crippen molar-refractivity contribution >= 4 is 23.3 Å². The van der Waals surface area contributed by atoms with Crippen LogP contribution in [0.1, 0.15) is 38.7 Å². The van der Waals surface area contributed by atoms with E-state index in [4.69, 9.17) is 5.73 Å². The number of rotatable bonds is 7. The van der Waals surface area contributed by atoms with Crippen molar-refractivity contribution in [3.63, 3.8) is 0 Å². The van der Waals surface area contributed by atoms with Crippen molar-refractivity contribution in [2.45, 2.75) is 45.6 Å². The molecule has 0 unspecified atom stereocenters. The zero-order chi connectivity index (χ0) is 20.1. The monoisotopic (exact) mass is 384 g/mol. The molecule has 0 radical (unpaired) electrons. The highest BCUT2D eigenvalue weighted by Crippen LogP contribution is 2.35. The van der Waals surface area contributed by atoms with Crippen LogP contribution in [-0.4, -0.2) is 34.0 Å². The molecule has 3 N–H and O–H groups in total. The Balaban J connectivity index is 1.76. The fraction of sp³-hybridized carbons (Fsp3) is 0.500. The molecule has 1 aromatic heterocycles. The molecule has 1 atom stereocenters. The van der Waals surface area contributed by atoms with Gasteiger partial charge in [-0.3, -0.25) is 10.1 Å². The second-order valence-corrected chi connectivity index (χ2v) is 7.44. The van der Waals surface area contributed by atoms with Crippen molar-refractivity contribution in [1.82, 2.24) is 9.97 Å². The fourth-order valence-electron chi connectivity index (χ4n) is 3.54. The lowest BCUT2D eigenvalue weighted by Gasteiger charge is -2.32. The lowest BCUT2D eigenvalue weighted by Crippen LogP contribution is -2.35. The number of piperidine rings is 1. The van der Waals surface area contributed by atoms with E-state index in [0.29, 0.717) is 17.7 Å². The highest BCUT2D eigenvalue weighted by atomic mass is 16.6. The molecule has 0 spiro atoms. The summed E-state index contributed by atoms with van der Waals surface area (Å²) in [5.74, 6) is 1.14. The zero-order valence-corrected chi connectivity index (χ0v) is 16.5. The van der Waals surface area contributed by atoms with Crippen molar-refractivity contribution in [3.05, 3.63) is 46.0 Å². The molecule has 1 aliphatic rings. The van der Waals surface area contributed by atoms with E-state index in [2.05, 4.69) is 39.6 Å². The van der Waals surface area contributed by atoms with Crippen molar-refractivity contribution < 1.29 is 4.92 Å². The summed E-state index contributed by atoms with van der Waals surface area (Å²) in [7, 11) is 0. The van der Waals surface area contributed by atoms with Gasteiger partial charge >= 0.3 is 5.69 Å². The van der Waals surface area contributed by atoms with Crippen LogP contribution in [0.5, 0.6) is 0 Å². The zero-order valence-electron chi connectivity index (χ0n) is 16.5. The van der Waals surface area contributed by atoms with Gasteiger partial charge in [0.15, 0.2) is 0 Å². The van der Waals surface area contributed by atoms with Gasteiger partial charge < -0.3 is 16.0 Å².